The van der Waals surface area contributed by atoms with Gasteiger partial charge in [-0.3, -0.25) is 0 Å². The van der Waals surface area contributed by atoms with Crippen molar-refractivity contribution in [1.29, 1.82) is 0 Å². The summed E-state index contributed by atoms with van der Waals surface area (Å²) in [5, 5.41) is 19.6. The molecule has 0 radical (unpaired) electrons. The summed E-state index contributed by atoms with van der Waals surface area (Å²) in [6.45, 7) is 0. The molecule has 402 valence electrons. The Kier molecular flexibility index (Phi) is 10.1. The lowest BCUT2D eigenvalue weighted by Gasteiger charge is -2.28. The maximum atomic E-state index is 6.86. The molecule has 0 saturated heterocycles. The molecule has 19 rings (SSSR count). The zero-order valence-electron chi connectivity index (χ0n) is 45.7. The second-order valence-electron chi connectivity index (χ2n) is 22.3. The molecule has 6 nitrogen and oxygen atoms in total. The number of hydrogen-bond acceptors (Lipinski definition) is 8. The first-order valence-electron chi connectivity index (χ1n) is 28.8. The van der Waals surface area contributed by atoms with Gasteiger partial charge in [-0.2, -0.15) is 0 Å². The van der Waals surface area contributed by atoms with Crippen molar-refractivity contribution in [2.45, 2.75) is 0 Å². The van der Waals surface area contributed by atoms with E-state index in [1.54, 1.807) is 22.7 Å². The molecule has 0 saturated carbocycles. The van der Waals surface area contributed by atoms with E-state index < -0.39 is 0 Å². The van der Waals surface area contributed by atoms with Crippen molar-refractivity contribution < 1.29 is 17.7 Å². The van der Waals surface area contributed by atoms with Crippen LogP contribution in [0.5, 0.6) is 0 Å². The third-order valence-corrected chi connectivity index (χ3v) is 19.3. The van der Waals surface area contributed by atoms with Crippen LogP contribution in [0.1, 0.15) is 0 Å². The van der Waals surface area contributed by atoms with E-state index in [-0.39, 0.29) is 0 Å². The second-order valence-corrected chi connectivity index (χ2v) is 24.2. The van der Waals surface area contributed by atoms with Gasteiger partial charge in [-0.1, -0.05) is 133 Å². The molecule has 0 unspecified atom stereocenters. The van der Waals surface area contributed by atoms with E-state index in [1.165, 1.54) is 31.3 Å². The monoisotopic (exact) mass is 1140 g/mol. The predicted octanol–water partition coefficient (Wildman–Crippen LogP) is 24.3. The average molecular weight is 1140 g/mol. The van der Waals surface area contributed by atoms with Crippen LogP contribution >= 0.6 is 22.7 Å². The first-order chi connectivity index (χ1) is 42.6. The number of fused-ring (bicyclic) bond motifs is 16. The van der Waals surface area contributed by atoms with E-state index in [0.717, 1.165) is 155 Å². The molecule has 86 heavy (non-hydrogen) atoms. The third kappa shape index (κ3) is 7.12. The molecule has 0 spiro atoms. The molecule has 6 aromatic heterocycles. The minimum atomic E-state index is 0.774. The van der Waals surface area contributed by atoms with Crippen molar-refractivity contribution in [3.05, 3.63) is 266 Å². The standard InChI is InChI=1S/C78H44N2O4S2/c1-3-13-45(14-4-1)75-57-33-35-85-73(57)31-29-63(75)79(65-21-11-19-55-53-17-7-9-23-67(53)83-77(55)65)51-27-25-47-39-59-61-43-62-60-40-48-26-28-52(38-50(48)42-70(60)82-72(62)44-71(61)81-69(59)41-49(47)37-51)80(66-22-12-20-56-54-18-8-10-24-68(54)84-78(56)66)64-30-32-74-58(34-36-86-74)76(64)46-15-5-2-6-16-46/h1-44H. The van der Waals surface area contributed by atoms with E-state index in [4.69, 9.17) is 17.7 Å². The van der Waals surface area contributed by atoms with Gasteiger partial charge in [0.15, 0.2) is 11.2 Å². The van der Waals surface area contributed by atoms with Gasteiger partial charge < -0.3 is 27.5 Å². The smallest absolute Gasteiger partial charge is 0.159 e. The molecular formula is C78H44N2O4S2. The summed E-state index contributed by atoms with van der Waals surface area (Å²) in [4.78, 5) is 4.75. The molecule has 0 aliphatic rings. The Balaban J connectivity index is 0.751. The SMILES string of the molecule is c1ccc(-c2c(N(c3ccc4cc5c(cc4c3)oc3cc4oc6cc7cc(N(c8ccc9sccc9c8-c8ccccc8)c8cccc9c8oc8ccccc89)ccc7cc6c4cc35)c3cccc4c3oc3ccccc34)ccc3sccc23)cc1. The number of anilines is 6. The number of para-hydroxylation sites is 4. The maximum Gasteiger partial charge on any atom is 0.159 e. The van der Waals surface area contributed by atoms with Gasteiger partial charge >= 0.3 is 0 Å². The molecule has 0 amide bonds. The number of hydrogen-bond donors (Lipinski definition) is 0. The molecule has 13 aromatic carbocycles. The zero-order chi connectivity index (χ0) is 56.1. The fraction of sp³-hybridized carbons (Fsp3) is 0. The van der Waals surface area contributed by atoms with Crippen LogP contribution < -0.4 is 9.80 Å². The molecule has 6 heterocycles. The predicted molar refractivity (Wildman–Crippen MR) is 362 cm³/mol. The van der Waals surface area contributed by atoms with Crippen LogP contribution in [0.3, 0.4) is 0 Å². The van der Waals surface area contributed by atoms with Crippen molar-refractivity contribution in [1.82, 2.24) is 0 Å². The fourth-order valence-electron chi connectivity index (χ4n) is 13.7. The Labute approximate surface area is 498 Å². The highest BCUT2D eigenvalue weighted by molar-refractivity contribution is 7.17. The summed E-state index contributed by atoms with van der Waals surface area (Å²) in [5.74, 6) is 0. The highest BCUT2D eigenvalue weighted by Crippen LogP contribution is 2.52. The summed E-state index contributed by atoms with van der Waals surface area (Å²) < 4.78 is 29.8. The Morgan fingerprint density at radius 3 is 1.16 bits per heavy atom. The van der Waals surface area contributed by atoms with Gasteiger partial charge in [0.2, 0.25) is 0 Å². The third-order valence-electron chi connectivity index (χ3n) is 17.5. The van der Waals surface area contributed by atoms with Crippen LogP contribution in [0.25, 0.3) is 152 Å². The van der Waals surface area contributed by atoms with Crippen LogP contribution in [0.15, 0.2) is 283 Å². The van der Waals surface area contributed by atoms with E-state index >= 15 is 0 Å². The van der Waals surface area contributed by atoms with Gasteiger partial charge in [0.25, 0.3) is 0 Å². The van der Waals surface area contributed by atoms with Crippen LogP contribution in [0.2, 0.25) is 0 Å². The van der Waals surface area contributed by atoms with Gasteiger partial charge in [0.1, 0.15) is 33.5 Å². The Hall–Kier alpha value is -10.9. The van der Waals surface area contributed by atoms with Crippen LogP contribution in [-0.4, -0.2) is 0 Å². The maximum absolute atomic E-state index is 6.86. The van der Waals surface area contributed by atoms with Gasteiger partial charge in [0.05, 0.1) is 22.7 Å². The van der Waals surface area contributed by atoms with Gasteiger partial charge in [-0.15, -0.1) is 22.7 Å². The summed E-state index contributed by atoms with van der Waals surface area (Å²) in [6.07, 6.45) is 0. The Bertz CT molecular complexity index is 5640. The van der Waals surface area contributed by atoms with Gasteiger partial charge in [-0.25, -0.2) is 0 Å². The van der Waals surface area contributed by atoms with Crippen molar-refractivity contribution >= 4 is 186 Å². The molecule has 0 atom stereocenters. The Morgan fingerprint density at radius 1 is 0.244 bits per heavy atom. The molecular weight excluding hydrogens is 1090 g/mol. The minimum Gasteiger partial charge on any atom is -0.456 e. The topological polar surface area (TPSA) is 59.0 Å². The van der Waals surface area contributed by atoms with Crippen molar-refractivity contribution in [2.24, 2.45) is 0 Å². The quantitative estimate of drug-likeness (QED) is 0.151. The van der Waals surface area contributed by atoms with E-state index in [1.807, 2.05) is 12.1 Å². The average Bonchev–Trinajstić information content (AvgIpc) is 2.23. The van der Waals surface area contributed by atoms with Crippen LogP contribution in [0.4, 0.5) is 34.1 Å². The van der Waals surface area contributed by atoms with Gasteiger partial charge in [0, 0.05) is 91.8 Å². The molecule has 0 fully saturated rings. The van der Waals surface area contributed by atoms with E-state index in [0.29, 0.717) is 0 Å². The lowest BCUT2D eigenvalue weighted by atomic mass is 9.97. The summed E-state index contributed by atoms with van der Waals surface area (Å²) >= 11 is 3.53. The number of rotatable bonds is 8. The van der Waals surface area contributed by atoms with Crippen molar-refractivity contribution in [3.8, 4) is 22.3 Å². The lowest BCUT2D eigenvalue weighted by Crippen LogP contribution is -2.11. The van der Waals surface area contributed by atoms with Crippen molar-refractivity contribution in [2.75, 3.05) is 9.80 Å². The lowest BCUT2D eigenvalue weighted by molar-refractivity contribution is 0.656. The number of benzene rings is 13. The first-order valence-corrected chi connectivity index (χ1v) is 30.6. The summed E-state index contributed by atoms with van der Waals surface area (Å²) in [5.41, 5.74) is 17.2. The normalized spacial score (nSPS) is 12.2. The van der Waals surface area contributed by atoms with Crippen LogP contribution in [0, 0.1) is 0 Å². The van der Waals surface area contributed by atoms with E-state index in [2.05, 4.69) is 263 Å². The molecule has 0 N–H and O–H groups in total. The highest BCUT2D eigenvalue weighted by Gasteiger charge is 2.27. The molecule has 19 aromatic rings. The fourth-order valence-corrected chi connectivity index (χ4v) is 15.3. The van der Waals surface area contributed by atoms with Gasteiger partial charge in [-0.05, 0) is 159 Å². The number of nitrogens with zero attached hydrogens (tertiary/aromatic N) is 2. The summed E-state index contributed by atoms with van der Waals surface area (Å²) in [7, 11) is 0. The largest absolute Gasteiger partial charge is 0.456 e. The van der Waals surface area contributed by atoms with Crippen LogP contribution in [-0.2, 0) is 0 Å². The molecule has 0 bridgehead atoms. The molecule has 0 aliphatic carbocycles. The minimum absolute atomic E-state index is 0.774. The van der Waals surface area contributed by atoms with E-state index in [9.17, 15) is 0 Å². The highest BCUT2D eigenvalue weighted by atomic mass is 32.1. The number of furan rings is 4. The van der Waals surface area contributed by atoms with Crippen molar-refractivity contribution in [3.63, 3.8) is 0 Å². The second kappa shape index (κ2) is 18.3. The number of thiophene rings is 2. The zero-order valence-corrected chi connectivity index (χ0v) is 47.4. The molecule has 0 aliphatic heterocycles. The Morgan fingerprint density at radius 2 is 0.674 bits per heavy atom. The molecule has 8 heteroatoms. The first kappa shape index (κ1) is 47.6. The summed E-state index contributed by atoms with van der Waals surface area (Å²) in [6, 6.07) is 91.4.